The molecule has 2 atom stereocenters. The van der Waals surface area contributed by atoms with Crippen molar-refractivity contribution in [1.29, 1.82) is 0 Å². The van der Waals surface area contributed by atoms with Crippen molar-refractivity contribution >= 4 is 11.8 Å². The van der Waals surface area contributed by atoms with Crippen molar-refractivity contribution in [3.8, 4) is 0 Å². The van der Waals surface area contributed by atoms with Crippen LogP contribution < -0.4 is 11.1 Å². The summed E-state index contributed by atoms with van der Waals surface area (Å²) >= 11 is 0. The molecule has 3 N–H and O–H groups in total. The summed E-state index contributed by atoms with van der Waals surface area (Å²) in [4.78, 5) is 24.5. The number of nitrogens with two attached hydrogens (primary N) is 1. The normalized spacial score (nSPS) is 24.9. The Morgan fingerprint density at radius 1 is 1.31 bits per heavy atom. The molecular weight excluding hydrogens is 206 g/mol. The van der Waals surface area contributed by atoms with Crippen molar-refractivity contribution in [2.24, 2.45) is 11.7 Å². The van der Waals surface area contributed by atoms with Gasteiger partial charge in [0.1, 0.15) is 0 Å². The zero-order valence-electron chi connectivity index (χ0n) is 10.0. The number of hydrogen-bond acceptors (Lipinski definition) is 3. The molecule has 0 aromatic rings. The Kier molecular flexibility index (Phi) is 4.73. The van der Waals surface area contributed by atoms with Crippen molar-refractivity contribution in [3.63, 3.8) is 0 Å². The van der Waals surface area contributed by atoms with E-state index in [0.717, 1.165) is 25.7 Å². The lowest BCUT2D eigenvalue weighted by molar-refractivity contribution is -0.132. The number of likely N-dealkylation sites (N-methyl/N-ethyl adjacent to an activating group) is 1. The molecular formula is C11H21N3O2. The van der Waals surface area contributed by atoms with Crippen LogP contribution in [-0.2, 0) is 9.59 Å². The molecule has 1 saturated carbocycles. The highest BCUT2D eigenvalue weighted by atomic mass is 16.2. The minimum Gasteiger partial charge on any atom is -0.347 e. The summed E-state index contributed by atoms with van der Waals surface area (Å²) in [6.07, 6.45) is 3.89. The molecule has 0 bridgehead atoms. The monoisotopic (exact) mass is 227 g/mol. The largest absolute Gasteiger partial charge is 0.347 e. The highest BCUT2D eigenvalue weighted by Gasteiger charge is 2.28. The Morgan fingerprint density at radius 3 is 2.50 bits per heavy atom. The fourth-order valence-electron chi connectivity index (χ4n) is 1.94. The van der Waals surface area contributed by atoms with Gasteiger partial charge in [-0.1, -0.05) is 12.8 Å². The molecule has 1 rings (SSSR count). The number of nitrogens with zero attached hydrogens (tertiary/aromatic N) is 1. The average Bonchev–Trinajstić information content (AvgIpc) is 2.25. The van der Waals surface area contributed by atoms with Crippen molar-refractivity contribution < 1.29 is 9.59 Å². The molecule has 2 unspecified atom stereocenters. The number of hydrogen-bond donors (Lipinski definition) is 2. The molecule has 0 aromatic carbocycles. The van der Waals surface area contributed by atoms with Crippen LogP contribution in [0.25, 0.3) is 0 Å². The zero-order valence-corrected chi connectivity index (χ0v) is 10.0. The van der Waals surface area contributed by atoms with Gasteiger partial charge in [-0.05, 0) is 12.8 Å². The molecule has 0 radical (unpaired) electrons. The first-order valence-corrected chi connectivity index (χ1v) is 5.76. The Labute approximate surface area is 96.4 Å². The molecule has 1 aliphatic rings. The van der Waals surface area contributed by atoms with Crippen LogP contribution in [-0.4, -0.2) is 43.4 Å². The first-order valence-electron chi connectivity index (χ1n) is 5.76. The Bertz CT molecular complexity index is 266. The van der Waals surface area contributed by atoms with Gasteiger partial charge in [0.25, 0.3) is 0 Å². The molecule has 16 heavy (non-hydrogen) atoms. The van der Waals surface area contributed by atoms with Crippen LogP contribution in [0, 0.1) is 5.92 Å². The van der Waals surface area contributed by atoms with Crippen LogP contribution in [0.5, 0.6) is 0 Å². The highest BCUT2D eigenvalue weighted by Crippen LogP contribution is 2.22. The number of amides is 2. The Morgan fingerprint density at radius 2 is 1.94 bits per heavy atom. The SMILES string of the molecule is CN(C)C(=O)CNC(=O)C1CCCCC1N. The molecule has 0 spiro atoms. The van der Waals surface area contributed by atoms with Crippen molar-refractivity contribution in [1.82, 2.24) is 10.2 Å². The minimum absolute atomic E-state index is 0.0526. The third kappa shape index (κ3) is 3.48. The second-order valence-electron chi connectivity index (χ2n) is 4.56. The topological polar surface area (TPSA) is 75.4 Å². The summed E-state index contributed by atoms with van der Waals surface area (Å²) in [7, 11) is 3.33. The summed E-state index contributed by atoms with van der Waals surface area (Å²) in [5, 5.41) is 2.65. The molecule has 1 fully saturated rings. The predicted molar refractivity (Wildman–Crippen MR) is 61.6 cm³/mol. The third-order valence-electron chi connectivity index (χ3n) is 3.07. The Hall–Kier alpha value is -1.10. The van der Waals surface area contributed by atoms with Gasteiger partial charge in [-0.25, -0.2) is 0 Å². The van der Waals surface area contributed by atoms with E-state index in [9.17, 15) is 9.59 Å². The molecule has 5 heteroatoms. The fourth-order valence-corrected chi connectivity index (χ4v) is 1.94. The number of nitrogens with one attached hydrogen (secondary N) is 1. The minimum atomic E-state index is -0.122. The molecule has 0 saturated heterocycles. The molecule has 0 heterocycles. The highest BCUT2D eigenvalue weighted by molar-refractivity contribution is 5.86. The Balaban J connectivity index is 2.36. The summed E-state index contributed by atoms with van der Waals surface area (Å²) in [5.41, 5.74) is 5.89. The van der Waals surface area contributed by atoms with Crippen LogP contribution in [0.2, 0.25) is 0 Å². The van der Waals surface area contributed by atoms with Gasteiger partial charge in [-0.15, -0.1) is 0 Å². The van der Waals surface area contributed by atoms with Gasteiger partial charge in [0.05, 0.1) is 12.5 Å². The van der Waals surface area contributed by atoms with E-state index < -0.39 is 0 Å². The molecule has 92 valence electrons. The van der Waals surface area contributed by atoms with Crippen LogP contribution in [0.15, 0.2) is 0 Å². The van der Waals surface area contributed by atoms with Gasteiger partial charge in [0.15, 0.2) is 0 Å². The number of rotatable bonds is 3. The van der Waals surface area contributed by atoms with E-state index in [-0.39, 0.29) is 30.3 Å². The van der Waals surface area contributed by atoms with E-state index in [0.29, 0.717) is 0 Å². The molecule has 1 aliphatic carbocycles. The molecule has 0 aliphatic heterocycles. The van der Waals surface area contributed by atoms with Crippen molar-refractivity contribution in [2.75, 3.05) is 20.6 Å². The van der Waals surface area contributed by atoms with E-state index in [1.165, 1.54) is 4.90 Å². The van der Waals surface area contributed by atoms with E-state index in [1.54, 1.807) is 14.1 Å². The van der Waals surface area contributed by atoms with Gasteiger partial charge in [-0.3, -0.25) is 9.59 Å². The zero-order chi connectivity index (χ0) is 12.1. The van der Waals surface area contributed by atoms with E-state index in [4.69, 9.17) is 5.73 Å². The van der Waals surface area contributed by atoms with Crippen molar-refractivity contribution in [2.45, 2.75) is 31.7 Å². The smallest absolute Gasteiger partial charge is 0.241 e. The summed E-state index contributed by atoms with van der Waals surface area (Å²) < 4.78 is 0. The van der Waals surface area contributed by atoms with E-state index >= 15 is 0 Å². The molecule has 2 amide bonds. The summed E-state index contributed by atoms with van der Waals surface area (Å²) in [5.74, 6) is -0.302. The predicted octanol–water partition coefficient (Wildman–Crippen LogP) is -0.292. The second-order valence-corrected chi connectivity index (χ2v) is 4.56. The number of carbonyl (C=O) groups is 2. The lowest BCUT2D eigenvalue weighted by Gasteiger charge is -2.27. The first kappa shape index (κ1) is 13.0. The average molecular weight is 227 g/mol. The quantitative estimate of drug-likeness (QED) is 0.695. The standard InChI is InChI=1S/C11H21N3O2/c1-14(2)10(15)7-13-11(16)8-5-3-4-6-9(8)12/h8-9H,3-7,12H2,1-2H3,(H,13,16). The second kappa shape index (κ2) is 5.84. The lowest BCUT2D eigenvalue weighted by atomic mass is 9.84. The van der Waals surface area contributed by atoms with Crippen LogP contribution >= 0.6 is 0 Å². The van der Waals surface area contributed by atoms with Crippen LogP contribution in [0.4, 0.5) is 0 Å². The van der Waals surface area contributed by atoms with Gasteiger partial charge in [0, 0.05) is 20.1 Å². The maximum Gasteiger partial charge on any atom is 0.241 e. The lowest BCUT2D eigenvalue weighted by Crippen LogP contribution is -2.46. The van der Waals surface area contributed by atoms with Crippen molar-refractivity contribution in [3.05, 3.63) is 0 Å². The van der Waals surface area contributed by atoms with E-state index in [1.807, 2.05) is 0 Å². The third-order valence-corrected chi connectivity index (χ3v) is 3.07. The summed E-state index contributed by atoms with van der Waals surface area (Å²) in [6, 6.07) is -0.0526. The maximum atomic E-state index is 11.8. The van der Waals surface area contributed by atoms with E-state index in [2.05, 4.69) is 5.32 Å². The van der Waals surface area contributed by atoms with Gasteiger partial charge >= 0.3 is 0 Å². The fraction of sp³-hybridized carbons (Fsp3) is 0.818. The van der Waals surface area contributed by atoms with Crippen LogP contribution in [0.3, 0.4) is 0 Å². The van der Waals surface area contributed by atoms with Gasteiger partial charge in [-0.2, -0.15) is 0 Å². The molecule has 5 nitrogen and oxygen atoms in total. The van der Waals surface area contributed by atoms with Gasteiger partial charge < -0.3 is 16.0 Å². The first-order chi connectivity index (χ1) is 7.52. The maximum absolute atomic E-state index is 11.8. The summed E-state index contributed by atoms with van der Waals surface area (Å²) in [6.45, 7) is 0.0645. The van der Waals surface area contributed by atoms with Crippen LogP contribution in [0.1, 0.15) is 25.7 Å². The van der Waals surface area contributed by atoms with Gasteiger partial charge in [0.2, 0.25) is 11.8 Å². The number of carbonyl (C=O) groups excluding carboxylic acids is 2. The molecule has 0 aromatic heterocycles.